The Morgan fingerprint density at radius 3 is 3.06 bits per heavy atom. The third-order valence-corrected chi connectivity index (χ3v) is 2.75. The van der Waals surface area contributed by atoms with Gasteiger partial charge >= 0.3 is 5.97 Å². The highest BCUT2D eigenvalue weighted by molar-refractivity contribution is 5.99. The fourth-order valence-corrected chi connectivity index (χ4v) is 1.79. The molecule has 0 spiro atoms. The normalized spacial score (nSPS) is 19.6. The molecule has 0 bridgehead atoms. The summed E-state index contributed by atoms with van der Waals surface area (Å²) in [6, 6.07) is -0.751. The fourth-order valence-electron chi connectivity index (χ4n) is 1.79. The molecule has 1 fully saturated rings. The van der Waals surface area contributed by atoms with Gasteiger partial charge in [-0.05, 0) is 0 Å². The van der Waals surface area contributed by atoms with E-state index in [-0.39, 0.29) is 23.9 Å². The van der Waals surface area contributed by atoms with Gasteiger partial charge in [0.25, 0.3) is 5.91 Å². The summed E-state index contributed by atoms with van der Waals surface area (Å²) in [7, 11) is 1.27. The molecule has 8 nitrogen and oxygen atoms in total. The van der Waals surface area contributed by atoms with E-state index in [0.29, 0.717) is 13.2 Å². The quantitative estimate of drug-likeness (QED) is 0.655. The van der Waals surface area contributed by atoms with Crippen LogP contribution in [0.5, 0.6) is 0 Å². The number of morpholine rings is 1. The molecule has 1 aliphatic heterocycles. The average molecular weight is 254 g/mol. The van der Waals surface area contributed by atoms with E-state index >= 15 is 0 Å². The second kappa shape index (κ2) is 5.05. The van der Waals surface area contributed by atoms with E-state index in [9.17, 15) is 9.59 Å². The van der Waals surface area contributed by atoms with Gasteiger partial charge in [-0.3, -0.25) is 9.89 Å². The molecule has 1 amide bonds. The first kappa shape index (κ1) is 12.4. The number of aromatic amines is 1. The fraction of sp³-hybridized carbons (Fsp3) is 0.500. The Bertz CT molecular complexity index is 458. The van der Waals surface area contributed by atoms with Crippen LogP contribution in [-0.2, 0) is 14.3 Å². The third kappa shape index (κ3) is 2.14. The summed E-state index contributed by atoms with van der Waals surface area (Å²) in [5, 5.41) is 6.20. The van der Waals surface area contributed by atoms with Crippen molar-refractivity contribution in [1.29, 1.82) is 0 Å². The van der Waals surface area contributed by atoms with Crippen molar-refractivity contribution in [3.63, 3.8) is 0 Å². The lowest BCUT2D eigenvalue weighted by Crippen LogP contribution is -2.53. The lowest BCUT2D eigenvalue weighted by molar-refractivity contribution is -0.151. The number of rotatable bonds is 2. The van der Waals surface area contributed by atoms with Crippen LogP contribution in [0.25, 0.3) is 0 Å². The Morgan fingerprint density at radius 1 is 1.67 bits per heavy atom. The minimum atomic E-state index is -0.751. The van der Waals surface area contributed by atoms with Crippen LogP contribution in [0.3, 0.4) is 0 Å². The van der Waals surface area contributed by atoms with Gasteiger partial charge < -0.3 is 20.1 Å². The number of amides is 1. The van der Waals surface area contributed by atoms with Crippen molar-refractivity contribution in [2.45, 2.75) is 6.04 Å². The number of nitrogens with two attached hydrogens (primary N) is 1. The first-order valence-electron chi connectivity index (χ1n) is 5.40. The molecule has 1 aliphatic rings. The maximum Gasteiger partial charge on any atom is 0.331 e. The molecule has 1 aromatic heterocycles. The zero-order valence-electron chi connectivity index (χ0n) is 9.88. The molecule has 0 saturated carbocycles. The molecule has 0 aromatic carbocycles. The minimum Gasteiger partial charge on any atom is -0.467 e. The van der Waals surface area contributed by atoms with Crippen molar-refractivity contribution in [3.05, 3.63) is 11.9 Å². The molecule has 3 N–H and O–H groups in total. The van der Waals surface area contributed by atoms with Gasteiger partial charge in [-0.1, -0.05) is 0 Å². The number of esters is 1. The second-order valence-electron chi connectivity index (χ2n) is 3.81. The molecule has 0 aliphatic carbocycles. The van der Waals surface area contributed by atoms with Gasteiger partial charge in [-0.15, -0.1) is 0 Å². The van der Waals surface area contributed by atoms with E-state index in [1.54, 1.807) is 0 Å². The number of anilines is 1. The Balaban J connectivity index is 2.21. The van der Waals surface area contributed by atoms with Crippen LogP contribution in [0.2, 0.25) is 0 Å². The summed E-state index contributed by atoms with van der Waals surface area (Å²) in [6.45, 7) is 0.788. The van der Waals surface area contributed by atoms with Gasteiger partial charge in [0.05, 0.1) is 32.2 Å². The van der Waals surface area contributed by atoms with E-state index in [0.717, 1.165) is 0 Å². The largest absolute Gasteiger partial charge is 0.467 e. The summed E-state index contributed by atoms with van der Waals surface area (Å²) < 4.78 is 9.83. The Kier molecular flexibility index (Phi) is 3.47. The predicted octanol–water partition coefficient (Wildman–Crippen LogP) is -0.994. The van der Waals surface area contributed by atoms with Crippen molar-refractivity contribution >= 4 is 17.6 Å². The van der Waals surface area contributed by atoms with Crippen molar-refractivity contribution in [3.8, 4) is 0 Å². The molecule has 2 rings (SSSR count). The maximum atomic E-state index is 12.2. The molecule has 98 valence electrons. The molecule has 1 atom stereocenters. The SMILES string of the molecule is COC(=O)C1COCCN1C(=O)c1[nH]ncc1N. The zero-order chi connectivity index (χ0) is 13.1. The first-order valence-corrected chi connectivity index (χ1v) is 5.40. The summed E-state index contributed by atoms with van der Waals surface area (Å²) >= 11 is 0. The Morgan fingerprint density at radius 2 is 2.44 bits per heavy atom. The smallest absolute Gasteiger partial charge is 0.331 e. The number of ether oxygens (including phenoxy) is 2. The van der Waals surface area contributed by atoms with Crippen LogP contribution in [0, 0.1) is 0 Å². The molecule has 2 heterocycles. The van der Waals surface area contributed by atoms with Gasteiger partial charge in [0.2, 0.25) is 0 Å². The molecule has 0 radical (unpaired) electrons. The van der Waals surface area contributed by atoms with Crippen LogP contribution in [0.4, 0.5) is 5.69 Å². The van der Waals surface area contributed by atoms with E-state index in [1.807, 2.05) is 0 Å². The lowest BCUT2D eigenvalue weighted by atomic mass is 10.2. The van der Waals surface area contributed by atoms with Gasteiger partial charge in [0.15, 0.2) is 6.04 Å². The monoisotopic (exact) mass is 254 g/mol. The maximum absolute atomic E-state index is 12.2. The molecular weight excluding hydrogens is 240 g/mol. The highest BCUT2D eigenvalue weighted by atomic mass is 16.5. The number of nitrogen functional groups attached to an aromatic ring is 1. The number of methoxy groups -OCH3 is 1. The number of carbonyl (C=O) groups is 2. The van der Waals surface area contributed by atoms with Crippen molar-refractivity contribution in [1.82, 2.24) is 15.1 Å². The standard InChI is InChI=1S/C10H14N4O4/c1-17-10(16)7-5-18-3-2-14(7)9(15)8-6(11)4-12-13-8/h4,7H,2-3,5,11H2,1H3,(H,12,13). The Hall–Kier alpha value is -2.09. The molecule has 8 heteroatoms. The molecular formula is C10H14N4O4. The number of nitrogens with one attached hydrogen (secondary N) is 1. The summed E-state index contributed by atoms with van der Waals surface area (Å²) in [6.07, 6.45) is 1.35. The van der Waals surface area contributed by atoms with Crippen LogP contribution < -0.4 is 5.73 Å². The van der Waals surface area contributed by atoms with Crippen molar-refractivity contribution < 1.29 is 19.1 Å². The van der Waals surface area contributed by atoms with E-state index in [1.165, 1.54) is 18.2 Å². The summed E-state index contributed by atoms with van der Waals surface area (Å²) in [4.78, 5) is 25.2. The lowest BCUT2D eigenvalue weighted by Gasteiger charge is -2.33. The number of nitrogens with zero attached hydrogens (tertiary/aromatic N) is 2. The second-order valence-corrected chi connectivity index (χ2v) is 3.81. The van der Waals surface area contributed by atoms with Crippen LogP contribution in [0.15, 0.2) is 6.20 Å². The van der Waals surface area contributed by atoms with Crippen molar-refractivity contribution in [2.24, 2.45) is 0 Å². The first-order chi connectivity index (χ1) is 8.65. The number of hydrogen-bond donors (Lipinski definition) is 2. The van der Waals surface area contributed by atoms with E-state index in [4.69, 9.17) is 10.5 Å². The van der Waals surface area contributed by atoms with Crippen LogP contribution in [0.1, 0.15) is 10.5 Å². The number of aromatic nitrogens is 2. The molecule has 1 aromatic rings. The van der Waals surface area contributed by atoms with Gasteiger partial charge in [-0.25, -0.2) is 4.79 Å². The summed E-state index contributed by atoms with van der Waals surface area (Å²) in [5.41, 5.74) is 6.03. The number of H-pyrrole nitrogens is 1. The number of hydrogen-bond acceptors (Lipinski definition) is 6. The van der Waals surface area contributed by atoms with Crippen molar-refractivity contribution in [2.75, 3.05) is 32.6 Å². The van der Waals surface area contributed by atoms with Gasteiger partial charge in [0, 0.05) is 6.54 Å². The van der Waals surface area contributed by atoms with Gasteiger partial charge in [-0.2, -0.15) is 5.10 Å². The highest BCUT2D eigenvalue weighted by Gasteiger charge is 2.35. The molecule has 18 heavy (non-hydrogen) atoms. The molecule has 1 saturated heterocycles. The third-order valence-electron chi connectivity index (χ3n) is 2.75. The number of carbonyl (C=O) groups excluding carboxylic acids is 2. The zero-order valence-corrected chi connectivity index (χ0v) is 9.88. The molecule has 1 unspecified atom stereocenters. The predicted molar refractivity (Wildman–Crippen MR) is 60.7 cm³/mol. The average Bonchev–Trinajstić information content (AvgIpc) is 2.83. The minimum absolute atomic E-state index is 0.118. The summed E-state index contributed by atoms with van der Waals surface area (Å²) in [5.74, 6) is -0.898. The van der Waals surface area contributed by atoms with E-state index in [2.05, 4.69) is 14.9 Å². The Labute approximate surface area is 103 Å². The highest BCUT2D eigenvalue weighted by Crippen LogP contribution is 2.15. The van der Waals surface area contributed by atoms with E-state index < -0.39 is 12.0 Å². The van der Waals surface area contributed by atoms with Gasteiger partial charge in [0.1, 0.15) is 5.69 Å². The van der Waals surface area contributed by atoms with Crippen LogP contribution in [-0.4, -0.2) is 59.9 Å². The van der Waals surface area contributed by atoms with Crippen LogP contribution >= 0.6 is 0 Å². The topological polar surface area (TPSA) is 111 Å².